The summed E-state index contributed by atoms with van der Waals surface area (Å²) in [7, 11) is 1.88. The Morgan fingerprint density at radius 1 is 1.29 bits per heavy atom. The first-order valence-corrected chi connectivity index (χ1v) is 5.70. The monoisotopic (exact) mass is 235 g/mol. The predicted molar refractivity (Wildman–Crippen MR) is 63.7 cm³/mol. The van der Waals surface area contributed by atoms with Gasteiger partial charge < -0.3 is 9.64 Å². The highest BCUT2D eigenvalue weighted by molar-refractivity contribution is 5.90. The van der Waals surface area contributed by atoms with E-state index in [0.717, 1.165) is 29.8 Å². The molecule has 3 rings (SSSR count). The number of ether oxygens (including phenoxy) is 1. The van der Waals surface area contributed by atoms with Gasteiger partial charge in [0.1, 0.15) is 5.82 Å². The highest BCUT2D eigenvalue weighted by Crippen LogP contribution is 2.26. The third-order valence-electron chi connectivity index (χ3n) is 3.10. The zero-order chi connectivity index (χ0) is 11.8. The van der Waals surface area contributed by atoms with E-state index in [0.29, 0.717) is 13.2 Å². The Kier molecular flexibility index (Phi) is 2.48. The van der Waals surface area contributed by atoms with Crippen molar-refractivity contribution in [2.24, 2.45) is 7.05 Å². The maximum absolute atomic E-state index is 13.3. The largest absolute Gasteiger partial charge is 0.378 e. The van der Waals surface area contributed by atoms with Crippen LogP contribution < -0.4 is 4.90 Å². The van der Waals surface area contributed by atoms with Gasteiger partial charge >= 0.3 is 0 Å². The Morgan fingerprint density at radius 2 is 2.06 bits per heavy atom. The van der Waals surface area contributed by atoms with E-state index in [9.17, 15) is 4.39 Å². The van der Waals surface area contributed by atoms with Gasteiger partial charge in [0.05, 0.1) is 18.7 Å². The lowest BCUT2D eigenvalue weighted by Crippen LogP contribution is -2.36. The second-order valence-corrected chi connectivity index (χ2v) is 4.21. The molecule has 4 nitrogen and oxygen atoms in total. The molecule has 1 aromatic heterocycles. The average Bonchev–Trinajstić information content (AvgIpc) is 2.67. The molecule has 0 bridgehead atoms. The van der Waals surface area contributed by atoms with Gasteiger partial charge in [-0.3, -0.25) is 4.68 Å². The fourth-order valence-corrected chi connectivity index (χ4v) is 2.23. The highest BCUT2D eigenvalue weighted by atomic mass is 19.1. The molecule has 0 spiro atoms. The third-order valence-corrected chi connectivity index (χ3v) is 3.10. The van der Waals surface area contributed by atoms with Gasteiger partial charge in [0.15, 0.2) is 5.82 Å². The average molecular weight is 235 g/mol. The minimum atomic E-state index is -0.222. The van der Waals surface area contributed by atoms with Gasteiger partial charge in [-0.05, 0) is 18.2 Å². The van der Waals surface area contributed by atoms with Gasteiger partial charge in [0.25, 0.3) is 0 Å². The molecule has 0 saturated carbocycles. The van der Waals surface area contributed by atoms with Crippen LogP contribution in [0, 0.1) is 5.82 Å². The Morgan fingerprint density at radius 3 is 2.82 bits per heavy atom. The van der Waals surface area contributed by atoms with E-state index in [2.05, 4.69) is 10.00 Å². The van der Waals surface area contributed by atoms with Crippen molar-refractivity contribution < 1.29 is 9.13 Å². The van der Waals surface area contributed by atoms with Crippen molar-refractivity contribution in [2.75, 3.05) is 31.2 Å². The normalized spacial score (nSPS) is 16.7. The quantitative estimate of drug-likeness (QED) is 0.751. The van der Waals surface area contributed by atoms with Crippen molar-refractivity contribution in [3.63, 3.8) is 0 Å². The summed E-state index contributed by atoms with van der Waals surface area (Å²) in [4.78, 5) is 2.14. The SMILES string of the molecule is Cn1nc(N2CCOCC2)c2cc(F)ccc21. The van der Waals surface area contributed by atoms with E-state index in [1.165, 1.54) is 6.07 Å². The van der Waals surface area contributed by atoms with Gasteiger partial charge in [-0.2, -0.15) is 5.10 Å². The molecule has 0 unspecified atom stereocenters. The van der Waals surface area contributed by atoms with Crippen LogP contribution in [0.15, 0.2) is 18.2 Å². The molecule has 5 heteroatoms. The van der Waals surface area contributed by atoms with E-state index in [-0.39, 0.29) is 5.82 Å². The van der Waals surface area contributed by atoms with Gasteiger partial charge in [0.2, 0.25) is 0 Å². The van der Waals surface area contributed by atoms with Crippen LogP contribution in [0.5, 0.6) is 0 Å². The number of anilines is 1. The lowest BCUT2D eigenvalue weighted by Gasteiger charge is -2.26. The standard InChI is InChI=1S/C12H14FN3O/c1-15-11-3-2-9(13)8-10(11)12(14-15)16-4-6-17-7-5-16/h2-3,8H,4-7H2,1H3. The second-order valence-electron chi connectivity index (χ2n) is 4.21. The topological polar surface area (TPSA) is 30.3 Å². The van der Waals surface area contributed by atoms with E-state index in [1.807, 2.05) is 7.05 Å². The van der Waals surface area contributed by atoms with E-state index in [4.69, 9.17) is 4.74 Å². The number of aromatic nitrogens is 2. The highest BCUT2D eigenvalue weighted by Gasteiger charge is 2.18. The Balaban J connectivity index is 2.11. The molecule has 0 amide bonds. The van der Waals surface area contributed by atoms with E-state index in [1.54, 1.807) is 16.8 Å². The van der Waals surface area contributed by atoms with Gasteiger partial charge in [-0.1, -0.05) is 0 Å². The van der Waals surface area contributed by atoms with Crippen molar-refractivity contribution in [3.8, 4) is 0 Å². The Hall–Kier alpha value is -1.62. The van der Waals surface area contributed by atoms with Crippen molar-refractivity contribution in [1.29, 1.82) is 0 Å². The minimum Gasteiger partial charge on any atom is -0.378 e. The zero-order valence-corrected chi connectivity index (χ0v) is 9.69. The van der Waals surface area contributed by atoms with Crippen LogP contribution in [0.1, 0.15) is 0 Å². The van der Waals surface area contributed by atoms with Gasteiger partial charge in [0, 0.05) is 25.5 Å². The van der Waals surface area contributed by atoms with Crippen molar-refractivity contribution in [3.05, 3.63) is 24.0 Å². The fraction of sp³-hybridized carbons (Fsp3) is 0.417. The van der Waals surface area contributed by atoms with Crippen molar-refractivity contribution in [2.45, 2.75) is 0 Å². The number of rotatable bonds is 1. The predicted octanol–water partition coefficient (Wildman–Crippen LogP) is 1.55. The van der Waals surface area contributed by atoms with E-state index >= 15 is 0 Å². The molecule has 2 aromatic rings. The molecule has 0 radical (unpaired) electrons. The number of hydrogen-bond donors (Lipinski definition) is 0. The summed E-state index contributed by atoms with van der Waals surface area (Å²) in [5.74, 6) is 0.630. The fourth-order valence-electron chi connectivity index (χ4n) is 2.23. The van der Waals surface area contributed by atoms with Crippen molar-refractivity contribution >= 4 is 16.7 Å². The van der Waals surface area contributed by atoms with Crippen LogP contribution in [0.3, 0.4) is 0 Å². The van der Waals surface area contributed by atoms with Crippen LogP contribution in [0.4, 0.5) is 10.2 Å². The molecule has 1 fully saturated rings. The molecule has 0 aliphatic carbocycles. The number of benzene rings is 1. The summed E-state index contributed by atoms with van der Waals surface area (Å²) >= 11 is 0. The molecular weight excluding hydrogens is 221 g/mol. The molecule has 0 N–H and O–H groups in total. The first-order chi connectivity index (χ1) is 8.25. The Labute approximate surface area is 98.6 Å². The number of halogens is 1. The Bertz CT molecular complexity index is 546. The van der Waals surface area contributed by atoms with Gasteiger partial charge in [-0.25, -0.2) is 4.39 Å². The van der Waals surface area contributed by atoms with Crippen LogP contribution in [0.2, 0.25) is 0 Å². The van der Waals surface area contributed by atoms with Crippen LogP contribution in [-0.2, 0) is 11.8 Å². The molecule has 2 heterocycles. The molecular formula is C12H14FN3O. The molecule has 17 heavy (non-hydrogen) atoms. The lowest BCUT2D eigenvalue weighted by atomic mass is 10.2. The number of morpholine rings is 1. The minimum absolute atomic E-state index is 0.222. The summed E-state index contributed by atoms with van der Waals surface area (Å²) in [5.41, 5.74) is 0.952. The maximum atomic E-state index is 13.3. The molecule has 0 atom stereocenters. The van der Waals surface area contributed by atoms with Crippen LogP contribution in [0.25, 0.3) is 10.9 Å². The first-order valence-electron chi connectivity index (χ1n) is 5.70. The summed E-state index contributed by atoms with van der Waals surface area (Å²) < 4.78 is 20.4. The molecule has 90 valence electrons. The van der Waals surface area contributed by atoms with Gasteiger partial charge in [-0.15, -0.1) is 0 Å². The summed E-state index contributed by atoms with van der Waals surface area (Å²) in [6.07, 6.45) is 0. The van der Waals surface area contributed by atoms with Crippen molar-refractivity contribution in [1.82, 2.24) is 9.78 Å². The first kappa shape index (κ1) is 10.5. The third kappa shape index (κ3) is 1.76. The lowest BCUT2D eigenvalue weighted by molar-refractivity contribution is 0.122. The summed E-state index contributed by atoms with van der Waals surface area (Å²) in [6.45, 7) is 3.02. The number of fused-ring (bicyclic) bond motifs is 1. The smallest absolute Gasteiger partial charge is 0.158 e. The van der Waals surface area contributed by atoms with Crippen LogP contribution >= 0.6 is 0 Å². The summed E-state index contributed by atoms with van der Waals surface area (Å²) in [6, 6.07) is 4.78. The second kappa shape index (κ2) is 4.00. The zero-order valence-electron chi connectivity index (χ0n) is 9.69. The number of nitrogens with zero attached hydrogens (tertiary/aromatic N) is 3. The maximum Gasteiger partial charge on any atom is 0.158 e. The van der Waals surface area contributed by atoms with E-state index < -0.39 is 0 Å². The molecule has 1 saturated heterocycles. The summed E-state index contributed by atoms with van der Waals surface area (Å²) in [5, 5.41) is 5.34. The molecule has 1 aliphatic heterocycles. The molecule has 1 aromatic carbocycles. The number of aryl methyl sites for hydroxylation is 1. The van der Waals surface area contributed by atoms with Crippen LogP contribution in [-0.4, -0.2) is 36.1 Å². The molecule has 1 aliphatic rings. The number of hydrogen-bond acceptors (Lipinski definition) is 3.